The van der Waals surface area contributed by atoms with Crippen molar-refractivity contribution < 1.29 is 14.0 Å². The van der Waals surface area contributed by atoms with Crippen molar-refractivity contribution in [3.63, 3.8) is 0 Å². The summed E-state index contributed by atoms with van der Waals surface area (Å²) < 4.78 is 19.1. The fourth-order valence-electron chi connectivity index (χ4n) is 2.91. The van der Waals surface area contributed by atoms with Crippen molar-refractivity contribution in [3.05, 3.63) is 46.3 Å². The molecule has 2 aromatic rings. The van der Waals surface area contributed by atoms with Crippen LogP contribution in [0, 0.1) is 18.7 Å². The number of aromatic nitrogens is 2. The molecule has 1 aliphatic heterocycles. The SMILES string of the molecule is Cc1noc([C@@H]2CN(Cc3ccc(Cl)cc3F)C[C@H]2CO)n1. The second kappa shape index (κ2) is 6.32. The van der Waals surface area contributed by atoms with E-state index in [9.17, 15) is 9.50 Å². The third-order valence-corrected chi connectivity index (χ3v) is 4.26. The third kappa shape index (κ3) is 3.14. The van der Waals surface area contributed by atoms with Crippen LogP contribution in [0.5, 0.6) is 0 Å². The quantitative estimate of drug-likeness (QED) is 0.935. The van der Waals surface area contributed by atoms with E-state index in [0.29, 0.717) is 41.9 Å². The third-order valence-electron chi connectivity index (χ3n) is 4.02. The second-order valence-electron chi connectivity index (χ2n) is 5.66. The summed E-state index contributed by atoms with van der Waals surface area (Å²) in [5.41, 5.74) is 0.587. The predicted octanol–water partition coefficient (Wildman–Crippen LogP) is 2.38. The van der Waals surface area contributed by atoms with Gasteiger partial charge < -0.3 is 9.63 Å². The van der Waals surface area contributed by atoms with Crippen LogP contribution < -0.4 is 0 Å². The molecule has 22 heavy (non-hydrogen) atoms. The van der Waals surface area contributed by atoms with Gasteiger partial charge in [0.2, 0.25) is 5.89 Å². The molecule has 5 nitrogen and oxygen atoms in total. The van der Waals surface area contributed by atoms with E-state index in [4.69, 9.17) is 16.1 Å². The molecule has 0 bridgehead atoms. The minimum Gasteiger partial charge on any atom is -0.396 e. The summed E-state index contributed by atoms with van der Waals surface area (Å²) in [6, 6.07) is 4.68. The van der Waals surface area contributed by atoms with Gasteiger partial charge >= 0.3 is 0 Å². The highest BCUT2D eigenvalue weighted by Crippen LogP contribution is 2.32. The zero-order valence-electron chi connectivity index (χ0n) is 12.2. The number of hydrogen-bond donors (Lipinski definition) is 1. The van der Waals surface area contributed by atoms with Crippen LogP contribution in [0.3, 0.4) is 0 Å². The minimum absolute atomic E-state index is 0.00946. The first-order valence-electron chi connectivity index (χ1n) is 7.14. The maximum absolute atomic E-state index is 13.9. The van der Waals surface area contributed by atoms with Crippen molar-refractivity contribution in [2.24, 2.45) is 5.92 Å². The highest BCUT2D eigenvalue weighted by molar-refractivity contribution is 6.30. The summed E-state index contributed by atoms with van der Waals surface area (Å²) >= 11 is 5.77. The van der Waals surface area contributed by atoms with Gasteiger partial charge in [0.15, 0.2) is 5.82 Å². The maximum Gasteiger partial charge on any atom is 0.231 e. The molecule has 1 fully saturated rings. The summed E-state index contributed by atoms with van der Waals surface area (Å²) in [5, 5.41) is 13.8. The van der Waals surface area contributed by atoms with Crippen molar-refractivity contribution >= 4 is 11.6 Å². The summed E-state index contributed by atoms with van der Waals surface area (Å²) in [4.78, 5) is 6.34. The number of aliphatic hydroxyl groups excluding tert-OH is 1. The number of rotatable bonds is 4. The van der Waals surface area contributed by atoms with E-state index in [0.717, 1.165) is 0 Å². The van der Waals surface area contributed by atoms with Crippen molar-refractivity contribution in [2.45, 2.75) is 19.4 Å². The summed E-state index contributed by atoms with van der Waals surface area (Å²) in [6.07, 6.45) is 0. The van der Waals surface area contributed by atoms with Gasteiger partial charge in [-0.2, -0.15) is 4.98 Å². The summed E-state index contributed by atoms with van der Waals surface area (Å²) in [7, 11) is 0. The lowest BCUT2D eigenvalue weighted by molar-refractivity contribution is 0.204. The topological polar surface area (TPSA) is 62.4 Å². The number of nitrogens with zero attached hydrogens (tertiary/aromatic N) is 3. The number of hydrogen-bond acceptors (Lipinski definition) is 5. The van der Waals surface area contributed by atoms with E-state index in [1.54, 1.807) is 19.1 Å². The van der Waals surface area contributed by atoms with Crippen LogP contribution in [0.15, 0.2) is 22.7 Å². The molecule has 1 N–H and O–H groups in total. The second-order valence-corrected chi connectivity index (χ2v) is 6.10. The van der Waals surface area contributed by atoms with Crippen LogP contribution in [0.4, 0.5) is 4.39 Å². The Morgan fingerprint density at radius 1 is 1.45 bits per heavy atom. The number of aryl methyl sites for hydroxylation is 1. The largest absolute Gasteiger partial charge is 0.396 e. The van der Waals surface area contributed by atoms with Crippen molar-refractivity contribution in [2.75, 3.05) is 19.7 Å². The first-order valence-corrected chi connectivity index (χ1v) is 7.52. The number of likely N-dealkylation sites (tertiary alicyclic amines) is 1. The predicted molar refractivity (Wildman–Crippen MR) is 79.0 cm³/mol. The van der Waals surface area contributed by atoms with Gasteiger partial charge in [-0.05, 0) is 19.1 Å². The van der Waals surface area contributed by atoms with E-state index >= 15 is 0 Å². The first kappa shape index (κ1) is 15.4. The van der Waals surface area contributed by atoms with Gasteiger partial charge in [0.25, 0.3) is 0 Å². The molecular formula is C15H17ClFN3O2. The highest BCUT2D eigenvalue weighted by Gasteiger charge is 2.37. The van der Waals surface area contributed by atoms with Crippen LogP contribution in [0.1, 0.15) is 23.2 Å². The summed E-state index contributed by atoms with van der Waals surface area (Å²) in [6.45, 7) is 3.56. The van der Waals surface area contributed by atoms with E-state index in [2.05, 4.69) is 15.0 Å². The van der Waals surface area contributed by atoms with E-state index in [1.807, 2.05) is 0 Å². The fourth-order valence-corrected chi connectivity index (χ4v) is 3.07. The van der Waals surface area contributed by atoms with E-state index in [1.165, 1.54) is 6.07 Å². The Morgan fingerprint density at radius 2 is 2.27 bits per heavy atom. The first-order chi connectivity index (χ1) is 10.6. The molecule has 0 unspecified atom stereocenters. The van der Waals surface area contributed by atoms with Crippen molar-refractivity contribution in [3.8, 4) is 0 Å². The summed E-state index contributed by atoms with van der Waals surface area (Å²) in [5.74, 6) is 0.784. The number of benzene rings is 1. The van der Waals surface area contributed by atoms with Gasteiger partial charge in [-0.25, -0.2) is 4.39 Å². The Labute approximate surface area is 132 Å². The molecule has 0 radical (unpaired) electrons. The van der Waals surface area contributed by atoms with Gasteiger partial charge in [0.05, 0.1) is 5.92 Å². The Balaban J connectivity index is 1.74. The molecule has 0 aliphatic carbocycles. The fraction of sp³-hybridized carbons (Fsp3) is 0.467. The van der Waals surface area contributed by atoms with E-state index in [-0.39, 0.29) is 24.3 Å². The van der Waals surface area contributed by atoms with Crippen LogP contribution in [-0.2, 0) is 6.54 Å². The maximum atomic E-state index is 13.9. The van der Waals surface area contributed by atoms with E-state index < -0.39 is 0 Å². The molecule has 1 saturated heterocycles. The lowest BCUT2D eigenvalue weighted by Gasteiger charge is -2.16. The Morgan fingerprint density at radius 3 is 2.91 bits per heavy atom. The van der Waals surface area contributed by atoms with Crippen LogP contribution in [0.2, 0.25) is 5.02 Å². The molecule has 1 aliphatic rings. The van der Waals surface area contributed by atoms with Gasteiger partial charge in [-0.3, -0.25) is 4.90 Å². The minimum atomic E-state index is -0.315. The molecule has 0 amide bonds. The molecule has 0 saturated carbocycles. The molecule has 1 aromatic carbocycles. The standard InChI is InChI=1S/C15H17ClFN3O2/c1-9-18-15(22-19-9)13-7-20(6-11(13)8-21)5-10-2-3-12(16)4-14(10)17/h2-4,11,13,21H,5-8H2,1H3/t11-,13+/m0/s1. The Hall–Kier alpha value is -1.50. The smallest absolute Gasteiger partial charge is 0.231 e. The molecule has 2 atom stereocenters. The molecule has 7 heteroatoms. The Kier molecular flexibility index (Phi) is 4.42. The highest BCUT2D eigenvalue weighted by atomic mass is 35.5. The average Bonchev–Trinajstić information content (AvgIpc) is 3.08. The van der Waals surface area contributed by atoms with Gasteiger partial charge in [-0.15, -0.1) is 0 Å². The normalized spacial score (nSPS) is 22.4. The van der Waals surface area contributed by atoms with Crippen molar-refractivity contribution in [1.29, 1.82) is 0 Å². The molecule has 118 valence electrons. The van der Waals surface area contributed by atoms with Gasteiger partial charge in [-0.1, -0.05) is 22.8 Å². The van der Waals surface area contributed by atoms with Crippen molar-refractivity contribution in [1.82, 2.24) is 15.0 Å². The average molecular weight is 326 g/mol. The lowest BCUT2D eigenvalue weighted by atomic mass is 9.97. The molecular weight excluding hydrogens is 309 g/mol. The lowest BCUT2D eigenvalue weighted by Crippen LogP contribution is -2.21. The van der Waals surface area contributed by atoms with Crippen LogP contribution in [-0.4, -0.2) is 39.8 Å². The zero-order chi connectivity index (χ0) is 15.7. The van der Waals surface area contributed by atoms with Gasteiger partial charge in [0, 0.05) is 42.7 Å². The Bertz CT molecular complexity index is 664. The van der Waals surface area contributed by atoms with Crippen LogP contribution >= 0.6 is 11.6 Å². The van der Waals surface area contributed by atoms with Gasteiger partial charge in [0.1, 0.15) is 5.82 Å². The van der Waals surface area contributed by atoms with Crippen LogP contribution in [0.25, 0.3) is 0 Å². The zero-order valence-corrected chi connectivity index (χ0v) is 12.9. The number of halogens is 2. The number of aliphatic hydroxyl groups is 1. The molecule has 2 heterocycles. The molecule has 1 aromatic heterocycles. The molecule has 0 spiro atoms. The monoisotopic (exact) mass is 325 g/mol. The molecule has 3 rings (SSSR count).